The van der Waals surface area contributed by atoms with Crippen LogP contribution in [0.15, 0.2) is 48.5 Å². The third kappa shape index (κ3) is 3.36. The Morgan fingerprint density at radius 3 is 2.61 bits per heavy atom. The lowest BCUT2D eigenvalue weighted by molar-refractivity contribution is 0.0342. The van der Waals surface area contributed by atoms with E-state index in [1.54, 1.807) is 0 Å². The Balaban J connectivity index is 1.43. The van der Waals surface area contributed by atoms with Crippen molar-refractivity contribution in [2.24, 2.45) is 0 Å². The number of nitrogens with one attached hydrogen (secondary N) is 2. The van der Waals surface area contributed by atoms with Gasteiger partial charge in [-0.25, -0.2) is 4.98 Å². The molecule has 4 rings (SSSR count). The number of benzene rings is 2. The standard InChI is InChI=1S/C18H20N4O/c1-2-4-17-16(3-1)20-18(21-17)19-15-7-5-14(6-8-15)13-22-9-11-23-12-10-22/h1-8H,9-13H2,(H2,19,20,21). The molecule has 2 aromatic carbocycles. The summed E-state index contributed by atoms with van der Waals surface area (Å²) in [5.74, 6) is 0.770. The highest BCUT2D eigenvalue weighted by atomic mass is 16.5. The lowest BCUT2D eigenvalue weighted by Gasteiger charge is -2.26. The average molecular weight is 308 g/mol. The van der Waals surface area contributed by atoms with Gasteiger partial charge in [0.1, 0.15) is 0 Å². The Morgan fingerprint density at radius 2 is 1.83 bits per heavy atom. The second kappa shape index (κ2) is 6.40. The van der Waals surface area contributed by atoms with E-state index >= 15 is 0 Å². The van der Waals surface area contributed by atoms with Gasteiger partial charge in [0.25, 0.3) is 0 Å². The second-order valence-electron chi connectivity index (χ2n) is 5.81. The molecule has 1 aliphatic heterocycles. The maximum atomic E-state index is 5.39. The number of fused-ring (bicyclic) bond motifs is 1. The Morgan fingerprint density at radius 1 is 1.04 bits per heavy atom. The van der Waals surface area contributed by atoms with E-state index in [1.165, 1.54) is 5.56 Å². The molecule has 0 unspecified atom stereocenters. The molecule has 1 aromatic heterocycles. The van der Waals surface area contributed by atoms with Gasteiger partial charge in [0.05, 0.1) is 24.2 Å². The second-order valence-corrected chi connectivity index (χ2v) is 5.81. The first-order valence-corrected chi connectivity index (χ1v) is 7.98. The van der Waals surface area contributed by atoms with E-state index in [1.807, 2.05) is 24.3 Å². The summed E-state index contributed by atoms with van der Waals surface area (Å²) in [6.07, 6.45) is 0. The molecular weight excluding hydrogens is 288 g/mol. The summed E-state index contributed by atoms with van der Waals surface area (Å²) in [6.45, 7) is 4.68. The maximum absolute atomic E-state index is 5.39. The third-order valence-corrected chi connectivity index (χ3v) is 4.12. The summed E-state index contributed by atoms with van der Waals surface area (Å²) in [5, 5.41) is 3.32. The van der Waals surface area contributed by atoms with Crippen LogP contribution in [0.5, 0.6) is 0 Å². The van der Waals surface area contributed by atoms with Crippen molar-refractivity contribution in [2.45, 2.75) is 6.54 Å². The van der Waals surface area contributed by atoms with Crippen LogP contribution in [-0.2, 0) is 11.3 Å². The number of hydrogen-bond acceptors (Lipinski definition) is 4. The van der Waals surface area contributed by atoms with Gasteiger partial charge in [-0.05, 0) is 29.8 Å². The minimum Gasteiger partial charge on any atom is -0.379 e. The van der Waals surface area contributed by atoms with E-state index in [-0.39, 0.29) is 0 Å². The minimum atomic E-state index is 0.770. The number of rotatable bonds is 4. The SMILES string of the molecule is c1ccc2[nH]c(Nc3ccc(CN4CCOCC4)cc3)nc2c1. The Hall–Kier alpha value is -2.37. The number of imidazole rings is 1. The number of morpholine rings is 1. The molecule has 2 heterocycles. The molecule has 0 bridgehead atoms. The average Bonchev–Trinajstić information content (AvgIpc) is 3.00. The van der Waals surface area contributed by atoms with Gasteiger partial charge in [-0.15, -0.1) is 0 Å². The molecule has 1 fully saturated rings. The largest absolute Gasteiger partial charge is 0.379 e. The van der Waals surface area contributed by atoms with Crippen molar-refractivity contribution >= 4 is 22.7 Å². The number of hydrogen-bond donors (Lipinski definition) is 2. The predicted molar refractivity (Wildman–Crippen MR) is 91.9 cm³/mol. The summed E-state index contributed by atoms with van der Waals surface area (Å²) in [7, 11) is 0. The highest BCUT2D eigenvalue weighted by Crippen LogP contribution is 2.19. The van der Waals surface area contributed by atoms with Gasteiger partial charge in [-0.1, -0.05) is 24.3 Å². The normalized spacial score (nSPS) is 15.8. The molecular formula is C18H20N4O. The fourth-order valence-electron chi connectivity index (χ4n) is 2.86. The zero-order valence-electron chi connectivity index (χ0n) is 13.0. The molecule has 5 nitrogen and oxygen atoms in total. The molecule has 118 valence electrons. The van der Waals surface area contributed by atoms with Gasteiger partial charge >= 0.3 is 0 Å². The summed E-state index contributed by atoms with van der Waals surface area (Å²) in [6, 6.07) is 16.6. The van der Waals surface area contributed by atoms with Crippen molar-refractivity contribution in [3.05, 3.63) is 54.1 Å². The van der Waals surface area contributed by atoms with Crippen LogP contribution in [0.25, 0.3) is 11.0 Å². The zero-order chi connectivity index (χ0) is 15.5. The maximum Gasteiger partial charge on any atom is 0.205 e. The van der Waals surface area contributed by atoms with Crippen molar-refractivity contribution in [3.63, 3.8) is 0 Å². The van der Waals surface area contributed by atoms with Gasteiger partial charge in [0, 0.05) is 25.3 Å². The first-order chi connectivity index (χ1) is 11.4. The van der Waals surface area contributed by atoms with Crippen molar-refractivity contribution in [1.29, 1.82) is 0 Å². The van der Waals surface area contributed by atoms with Crippen LogP contribution in [0.2, 0.25) is 0 Å². The molecule has 0 spiro atoms. The molecule has 0 radical (unpaired) electrons. The van der Waals surface area contributed by atoms with E-state index in [0.717, 1.165) is 55.5 Å². The lowest BCUT2D eigenvalue weighted by Crippen LogP contribution is -2.35. The Labute approximate surface area is 135 Å². The van der Waals surface area contributed by atoms with E-state index in [2.05, 4.69) is 44.5 Å². The third-order valence-electron chi connectivity index (χ3n) is 4.12. The highest BCUT2D eigenvalue weighted by Gasteiger charge is 2.10. The van der Waals surface area contributed by atoms with E-state index in [4.69, 9.17) is 4.74 Å². The molecule has 0 amide bonds. The molecule has 0 saturated carbocycles. The lowest BCUT2D eigenvalue weighted by atomic mass is 10.2. The number of ether oxygens (including phenoxy) is 1. The first-order valence-electron chi connectivity index (χ1n) is 7.98. The van der Waals surface area contributed by atoms with Crippen LogP contribution in [0.4, 0.5) is 11.6 Å². The van der Waals surface area contributed by atoms with E-state index < -0.39 is 0 Å². The first kappa shape index (κ1) is 14.2. The molecule has 1 aliphatic rings. The van der Waals surface area contributed by atoms with E-state index in [9.17, 15) is 0 Å². The van der Waals surface area contributed by atoms with Crippen LogP contribution in [0.3, 0.4) is 0 Å². The number of aromatic amines is 1. The predicted octanol–water partition coefficient (Wildman–Crippen LogP) is 3.14. The van der Waals surface area contributed by atoms with Crippen molar-refractivity contribution in [1.82, 2.24) is 14.9 Å². The van der Waals surface area contributed by atoms with Crippen LogP contribution < -0.4 is 5.32 Å². The van der Waals surface area contributed by atoms with Crippen LogP contribution in [-0.4, -0.2) is 41.2 Å². The van der Waals surface area contributed by atoms with Gasteiger partial charge in [-0.2, -0.15) is 0 Å². The summed E-state index contributed by atoms with van der Waals surface area (Å²) in [4.78, 5) is 10.2. The molecule has 0 aliphatic carbocycles. The topological polar surface area (TPSA) is 53.2 Å². The summed E-state index contributed by atoms with van der Waals surface area (Å²) in [5.41, 5.74) is 4.37. The highest BCUT2D eigenvalue weighted by molar-refractivity contribution is 5.78. The molecule has 3 aromatic rings. The molecule has 5 heteroatoms. The molecule has 2 N–H and O–H groups in total. The fourth-order valence-corrected chi connectivity index (χ4v) is 2.86. The quantitative estimate of drug-likeness (QED) is 0.777. The minimum absolute atomic E-state index is 0.770. The fraction of sp³-hybridized carbons (Fsp3) is 0.278. The van der Waals surface area contributed by atoms with Crippen LogP contribution >= 0.6 is 0 Å². The van der Waals surface area contributed by atoms with Gasteiger partial charge < -0.3 is 15.0 Å². The monoisotopic (exact) mass is 308 g/mol. The Bertz CT molecular complexity index is 742. The number of para-hydroxylation sites is 2. The van der Waals surface area contributed by atoms with Crippen molar-refractivity contribution in [2.75, 3.05) is 31.6 Å². The summed E-state index contributed by atoms with van der Waals surface area (Å²) < 4.78 is 5.39. The number of nitrogens with zero attached hydrogens (tertiary/aromatic N) is 2. The van der Waals surface area contributed by atoms with E-state index in [0.29, 0.717) is 0 Å². The number of aromatic nitrogens is 2. The van der Waals surface area contributed by atoms with Crippen molar-refractivity contribution < 1.29 is 4.74 Å². The molecule has 0 atom stereocenters. The summed E-state index contributed by atoms with van der Waals surface area (Å²) >= 11 is 0. The number of H-pyrrole nitrogens is 1. The van der Waals surface area contributed by atoms with Gasteiger partial charge in [0.15, 0.2) is 0 Å². The van der Waals surface area contributed by atoms with Gasteiger partial charge in [0.2, 0.25) is 5.95 Å². The number of anilines is 2. The Kier molecular flexibility index (Phi) is 3.96. The zero-order valence-corrected chi connectivity index (χ0v) is 13.0. The van der Waals surface area contributed by atoms with Gasteiger partial charge in [-0.3, -0.25) is 4.90 Å². The molecule has 23 heavy (non-hydrogen) atoms. The van der Waals surface area contributed by atoms with Crippen molar-refractivity contribution in [3.8, 4) is 0 Å². The smallest absolute Gasteiger partial charge is 0.205 e. The van der Waals surface area contributed by atoms with Crippen LogP contribution in [0.1, 0.15) is 5.56 Å². The van der Waals surface area contributed by atoms with Crippen LogP contribution in [0, 0.1) is 0 Å². The molecule has 1 saturated heterocycles.